The Bertz CT molecular complexity index is 901. The van der Waals surface area contributed by atoms with Gasteiger partial charge in [-0.1, -0.05) is 12.1 Å². The van der Waals surface area contributed by atoms with Gasteiger partial charge in [-0.25, -0.2) is 9.78 Å². The highest BCUT2D eigenvalue weighted by Crippen LogP contribution is 2.33. The van der Waals surface area contributed by atoms with E-state index in [4.69, 9.17) is 14.2 Å². The molecule has 1 unspecified atom stereocenters. The Morgan fingerprint density at radius 3 is 2.79 bits per heavy atom. The van der Waals surface area contributed by atoms with Crippen molar-refractivity contribution in [3.63, 3.8) is 0 Å². The fraction of sp³-hybridized carbons (Fsp3) is 0.263. The van der Waals surface area contributed by atoms with Gasteiger partial charge in [0.05, 0.1) is 19.3 Å². The number of benzene rings is 1. The molecule has 146 valence electrons. The van der Waals surface area contributed by atoms with E-state index in [0.29, 0.717) is 11.4 Å². The van der Waals surface area contributed by atoms with E-state index in [1.165, 1.54) is 31.3 Å². The highest BCUT2D eigenvalue weighted by Gasteiger charge is 2.33. The molecule has 0 spiro atoms. The average molecular weight is 385 g/mol. The van der Waals surface area contributed by atoms with Crippen LogP contribution >= 0.6 is 0 Å². The number of hydrogen-bond acceptors (Lipinski definition) is 7. The number of para-hydroxylation sites is 2. The summed E-state index contributed by atoms with van der Waals surface area (Å²) in [7, 11) is 2.87. The predicted octanol–water partition coefficient (Wildman–Crippen LogP) is 0.787. The van der Waals surface area contributed by atoms with Crippen LogP contribution in [0, 0.1) is 0 Å². The van der Waals surface area contributed by atoms with Gasteiger partial charge < -0.3 is 24.4 Å². The van der Waals surface area contributed by atoms with Crippen molar-refractivity contribution in [2.45, 2.75) is 6.10 Å². The molecule has 0 bridgehead atoms. The van der Waals surface area contributed by atoms with Gasteiger partial charge in [0.2, 0.25) is 5.88 Å². The summed E-state index contributed by atoms with van der Waals surface area (Å²) >= 11 is 0. The van der Waals surface area contributed by atoms with Gasteiger partial charge in [-0.05, 0) is 24.3 Å². The Balaban J connectivity index is 1.74. The third-order valence-electron chi connectivity index (χ3n) is 4.12. The van der Waals surface area contributed by atoms with Crippen LogP contribution in [0.15, 0.2) is 42.6 Å². The molecule has 9 nitrogen and oxygen atoms in total. The molecule has 0 saturated carbocycles. The largest absolute Gasteiger partial charge is 0.480 e. The summed E-state index contributed by atoms with van der Waals surface area (Å²) in [5.41, 5.74) is 0.617. The highest BCUT2D eigenvalue weighted by molar-refractivity contribution is 6.00. The number of nitrogens with one attached hydrogen (secondary N) is 1. The minimum Gasteiger partial charge on any atom is -0.480 e. The molecule has 3 rings (SSSR count). The van der Waals surface area contributed by atoms with E-state index in [2.05, 4.69) is 10.3 Å². The van der Waals surface area contributed by atoms with Crippen LogP contribution in [0.3, 0.4) is 0 Å². The fourth-order valence-electron chi connectivity index (χ4n) is 2.76. The van der Waals surface area contributed by atoms with Gasteiger partial charge in [0.1, 0.15) is 11.3 Å². The number of fused-ring (bicyclic) bond motifs is 1. The minimum absolute atomic E-state index is 0.00326. The van der Waals surface area contributed by atoms with E-state index in [0.717, 1.165) is 0 Å². The van der Waals surface area contributed by atoms with Crippen LogP contribution in [0.4, 0.5) is 5.69 Å². The molecular weight excluding hydrogens is 366 g/mol. The van der Waals surface area contributed by atoms with Gasteiger partial charge in [-0.15, -0.1) is 0 Å². The van der Waals surface area contributed by atoms with E-state index in [9.17, 15) is 14.4 Å². The van der Waals surface area contributed by atoms with Crippen molar-refractivity contribution >= 4 is 23.5 Å². The zero-order chi connectivity index (χ0) is 20.1. The lowest BCUT2D eigenvalue weighted by atomic mass is 10.1. The number of methoxy groups -OCH3 is 1. The van der Waals surface area contributed by atoms with Crippen LogP contribution in [0.1, 0.15) is 10.4 Å². The zero-order valence-electron chi connectivity index (χ0n) is 15.4. The number of carbonyl (C=O) groups is 3. The van der Waals surface area contributed by atoms with E-state index < -0.39 is 24.6 Å². The van der Waals surface area contributed by atoms with Crippen molar-refractivity contribution in [3.8, 4) is 11.6 Å². The molecule has 2 heterocycles. The Morgan fingerprint density at radius 2 is 2.04 bits per heavy atom. The summed E-state index contributed by atoms with van der Waals surface area (Å²) in [6.45, 7) is -0.505. The molecule has 1 aliphatic rings. The number of hydrogen-bond donors (Lipinski definition) is 1. The molecule has 0 aliphatic carbocycles. The van der Waals surface area contributed by atoms with Gasteiger partial charge >= 0.3 is 5.97 Å². The van der Waals surface area contributed by atoms with Crippen LogP contribution in [-0.2, 0) is 14.3 Å². The van der Waals surface area contributed by atoms with Crippen LogP contribution in [0.2, 0.25) is 0 Å². The lowest BCUT2D eigenvalue weighted by Crippen LogP contribution is -2.51. The molecule has 1 atom stereocenters. The second-order valence-corrected chi connectivity index (χ2v) is 5.83. The quantitative estimate of drug-likeness (QED) is 0.758. The molecule has 0 radical (unpaired) electrons. The van der Waals surface area contributed by atoms with Crippen molar-refractivity contribution in [1.82, 2.24) is 10.3 Å². The molecule has 9 heteroatoms. The zero-order valence-corrected chi connectivity index (χ0v) is 15.4. The smallest absolute Gasteiger partial charge is 0.344 e. The number of ether oxygens (including phenoxy) is 3. The van der Waals surface area contributed by atoms with Crippen molar-refractivity contribution in [3.05, 3.63) is 48.2 Å². The summed E-state index contributed by atoms with van der Waals surface area (Å²) in [4.78, 5) is 42.3. The summed E-state index contributed by atoms with van der Waals surface area (Å²) in [5.74, 6) is -1.07. The van der Waals surface area contributed by atoms with Crippen LogP contribution in [0.5, 0.6) is 11.6 Å². The Labute approximate surface area is 161 Å². The molecule has 1 aromatic heterocycles. The minimum atomic E-state index is -0.863. The monoisotopic (exact) mass is 385 g/mol. The van der Waals surface area contributed by atoms with Crippen LogP contribution in [-0.4, -0.2) is 56.2 Å². The Kier molecular flexibility index (Phi) is 5.73. The molecule has 0 fully saturated rings. The number of esters is 1. The van der Waals surface area contributed by atoms with Gasteiger partial charge in [0.15, 0.2) is 12.7 Å². The molecular formula is C19H19N3O6. The lowest BCUT2D eigenvalue weighted by molar-refractivity contribution is -0.128. The maximum Gasteiger partial charge on any atom is 0.344 e. The van der Waals surface area contributed by atoms with E-state index in [1.54, 1.807) is 30.3 Å². The summed E-state index contributed by atoms with van der Waals surface area (Å²) < 4.78 is 15.8. The lowest BCUT2D eigenvalue weighted by Gasteiger charge is -2.33. The first-order valence-electron chi connectivity index (χ1n) is 8.49. The van der Waals surface area contributed by atoms with Crippen molar-refractivity contribution in [2.24, 2.45) is 0 Å². The van der Waals surface area contributed by atoms with E-state index in [1.807, 2.05) is 0 Å². The van der Waals surface area contributed by atoms with Gasteiger partial charge in [-0.3, -0.25) is 9.59 Å². The topological polar surface area (TPSA) is 107 Å². The summed E-state index contributed by atoms with van der Waals surface area (Å²) in [6, 6.07) is 9.89. The third kappa shape index (κ3) is 3.88. The SMILES string of the molecule is CNC(=O)C1CN(C(=O)COC(=O)c2cccnc2OC)c2ccccc2O1. The number of pyridine rings is 1. The molecule has 2 aromatic rings. The third-order valence-corrected chi connectivity index (χ3v) is 4.12. The summed E-state index contributed by atoms with van der Waals surface area (Å²) in [5, 5.41) is 2.50. The average Bonchev–Trinajstić information content (AvgIpc) is 2.75. The Morgan fingerprint density at radius 1 is 1.25 bits per heavy atom. The number of anilines is 1. The maximum atomic E-state index is 12.7. The van der Waals surface area contributed by atoms with E-state index >= 15 is 0 Å². The molecule has 1 aromatic carbocycles. The Hall–Kier alpha value is -3.62. The number of rotatable bonds is 5. The molecule has 1 aliphatic heterocycles. The fourth-order valence-corrected chi connectivity index (χ4v) is 2.76. The highest BCUT2D eigenvalue weighted by atomic mass is 16.5. The van der Waals surface area contributed by atoms with Crippen LogP contribution in [0.25, 0.3) is 0 Å². The molecule has 2 amide bonds. The first kappa shape index (κ1) is 19.2. The first-order valence-corrected chi connectivity index (χ1v) is 8.49. The van der Waals surface area contributed by atoms with Crippen molar-refractivity contribution in [2.75, 3.05) is 32.2 Å². The number of likely N-dealkylation sites (N-methyl/N-ethyl adjacent to an activating group) is 1. The molecule has 28 heavy (non-hydrogen) atoms. The standard InChI is InChI=1S/C19H19N3O6/c1-20-17(24)15-10-22(13-7-3-4-8-14(13)28-15)16(23)11-27-19(25)12-6-5-9-21-18(12)26-2/h3-9,15H,10-11H2,1-2H3,(H,20,24). The number of amides is 2. The second-order valence-electron chi connectivity index (χ2n) is 5.83. The number of nitrogens with zero attached hydrogens (tertiary/aromatic N) is 2. The van der Waals surface area contributed by atoms with Crippen LogP contribution < -0.4 is 19.7 Å². The van der Waals surface area contributed by atoms with Crippen molar-refractivity contribution < 1.29 is 28.6 Å². The number of aromatic nitrogens is 1. The number of carbonyl (C=O) groups excluding carboxylic acids is 3. The first-order chi connectivity index (χ1) is 13.5. The van der Waals surface area contributed by atoms with Gasteiger partial charge in [-0.2, -0.15) is 0 Å². The summed E-state index contributed by atoms with van der Waals surface area (Å²) in [6.07, 6.45) is 0.614. The van der Waals surface area contributed by atoms with E-state index in [-0.39, 0.29) is 23.9 Å². The van der Waals surface area contributed by atoms with Gasteiger partial charge in [0.25, 0.3) is 11.8 Å². The predicted molar refractivity (Wildman–Crippen MR) is 98.3 cm³/mol. The van der Waals surface area contributed by atoms with Crippen molar-refractivity contribution in [1.29, 1.82) is 0 Å². The normalized spacial score (nSPS) is 15.1. The maximum absolute atomic E-state index is 12.7. The molecule has 0 saturated heterocycles. The second kappa shape index (κ2) is 8.38. The molecule has 1 N–H and O–H groups in total. The van der Waals surface area contributed by atoms with Gasteiger partial charge in [0, 0.05) is 13.2 Å².